The van der Waals surface area contributed by atoms with Crippen molar-refractivity contribution in [3.8, 4) is 0 Å². The maximum Gasteiger partial charge on any atom is 0.309 e. The zero-order valence-corrected chi connectivity index (χ0v) is 16.4. The fourth-order valence-electron chi connectivity index (χ4n) is 3.96. The molecule has 5 nitrogen and oxygen atoms in total. The number of piperidine rings is 1. The number of carbonyl (C=O) groups excluding carboxylic acids is 2. The summed E-state index contributed by atoms with van der Waals surface area (Å²) in [6, 6.07) is 4.46. The van der Waals surface area contributed by atoms with Crippen LogP contribution in [0.15, 0.2) is 17.5 Å². The predicted octanol–water partition coefficient (Wildman–Crippen LogP) is 2.92. The maximum atomic E-state index is 12.1. The molecule has 0 aromatic carbocycles. The van der Waals surface area contributed by atoms with Gasteiger partial charge in [-0.15, -0.1) is 11.3 Å². The van der Waals surface area contributed by atoms with Crippen LogP contribution in [0.5, 0.6) is 0 Å². The third kappa shape index (κ3) is 6.09. The molecule has 2 heterocycles. The molecule has 2 fully saturated rings. The molecule has 1 aliphatic carbocycles. The molecule has 2 aliphatic rings. The van der Waals surface area contributed by atoms with Gasteiger partial charge in [-0.3, -0.25) is 14.5 Å². The van der Waals surface area contributed by atoms with Crippen LogP contribution < -0.4 is 10.6 Å². The van der Waals surface area contributed by atoms with Crippen LogP contribution in [-0.2, 0) is 16.1 Å². The van der Waals surface area contributed by atoms with E-state index in [1.54, 1.807) is 0 Å². The van der Waals surface area contributed by atoms with Crippen LogP contribution in [0.3, 0.4) is 0 Å². The summed E-state index contributed by atoms with van der Waals surface area (Å²) in [6.07, 6.45) is 8.94. The highest BCUT2D eigenvalue weighted by atomic mass is 32.1. The number of nitrogens with one attached hydrogen (secondary N) is 2. The minimum Gasteiger partial charge on any atom is -0.348 e. The van der Waals surface area contributed by atoms with E-state index in [1.165, 1.54) is 17.7 Å². The van der Waals surface area contributed by atoms with Crippen molar-refractivity contribution in [2.75, 3.05) is 19.6 Å². The molecule has 144 valence electrons. The molecule has 1 aliphatic heterocycles. The second kappa shape index (κ2) is 10.1. The first-order valence-electron chi connectivity index (χ1n) is 10.0. The summed E-state index contributed by atoms with van der Waals surface area (Å²) in [5.74, 6) is -0.438. The van der Waals surface area contributed by atoms with Gasteiger partial charge in [0.2, 0.25) is 0 Å². The first kappa shape index (κ1) is 19.4. The molecule has 1 saturated carbocycles. The molecule has 1 aromatic rings. The summed E-state index contributed by atoms with van der Waals surface area (Å²) in [4.78, 5) is 28.1. The Labute approximate surface area is 160 Å². The zero-order valence-electron chi connectivity index (χ0n) is 15.5. The molecule has 3 rings (SSSR count). The number of amides is 2. The van der Waals surface area contributed by atoms with Crippen LogP contribution in [0.1, 0.15) is 56.2 Å². The molecule has 1 aromatic heterocycles. The Morgan fingerprint density at radius 2 is 1.77 bits per heavy atom. The van der Waals surface area contributed by atoms with Gasteiger partial charge in [0.25, 0.3) is 0 Å². The minimum absolute atomic E-state index is 0.177. The molecule has 2 N–H and O–H groups in total. The van der Waals surface area contributed by atoms with Crippen molar-refractivity contribution in [3.63, 3.8) is 0 Å². The quantitative estimate of drug-likeness (QED) is 0.613. The standard InChI is InChI=1S/C20H31N3O2S/c24-19(20(25)22-17-6-3-1-2-4-7-17)21-14-16-9-11-23(12-10-16)15-18-8-5-13-26-18/h5,8,13,16-17H,1-4,6-7,9-12,14-15H2,(H,21,24)(H,22,25). The third-order valence-electron chi connectivity index (χ3n) is 5.61. The van der Waals surface area contributed by atoms with E-state index >= 15 is 0 Å². The van der Waals surface area contributed by atoms with Gasteiger partial charge in [0.1, 0.15) is 0 Å². The molecule has 0 atom stereocenters. The van der Waals surface area contributed by atoms with Crippen molar-refractivity contribution in [1.82, 2.24) is 15.5 Å². The van der Waals surface area contributed by atoms with Gasteiger partial charge in [0, 0.05) is 24.0 Å². The van der Waals surface area contributed by atoms with Crippen LogP contribution in [0.4, 0.5) is 0 Å². The molecular formula is C20H31N3O2S. The van der Waals surface area contributed by atoms with Gasteiger partial charge in [-0.2, -0.15) is 0 Å². The monoisotopic (exact) mass is 377 g/mol. The Kier molecular flexibility index (Phi) is 7.50. The van der Waals surface area contributed by atoms with Crippen molar-refractivity contribution < 1.29 is 9.59 Å². The summed E-state index contributed by atoms with van der Waals surface area (Å²) in [5.41, 5.74) is 0. The Bertz CT molecular complexity index is 560. The van der Waals surface area contributed by atoms with E-state index in [2.05, 4.69) is 33.0 Å². The highest BCUT2D eigenvalue weighted by molar-refractivity contribution is 7.09. The Balaban J connectivity index is 1.32. The van der Waals surface area contributed by atoms with Gasteiger partial charge in [-0.05, 0) is 56.1 Å². The topological polar surface area (TPSA) is 61.4 Å². The third-order valence-corrected chi connectivity index (χ3v) is 6.48. The lowest BCUT2D eigenvalue weighted by molar-refractivity contribution is -0.139. The average Bonchev–Trinajstić information content (AvgIpc) is 3.03. The van der Waals surface area contributed by atoms with Crippen LogP contribution >= 0.6 is 11.3 Å². The van der Waals surface area contributed by atoms with Gasteiger partial charge in [0.15, 0.2) is 0 Å². The fourth-order valence-corrected chi connectivity index (χ4v) is 4.71. The number of rotatable bonds is 5. The normalized spacial score (nSPS) is 20.5. The molecule has 0 bridgehead atoms. The van der Waals surface area contributed by atoms with Crippen LogP contribution in [0.25, 0.3) is 0 Å². The molecule has 1 saturated heterocycles. The van der Waals surface area contributed by atoms with E-state index in [1.807, 2.05) is 11.3 Å². The lowest BCUT2D eigenvalue weighted by atomic mass is 9.96. The van der Waals surface area contributed by atoms with E-state index in [0.29, 0.717) is 12.5 Å². The summed E-state index contributed by atoms with van der Waals surface area (Å²) in [6.45, 7) is 3.77. The summed E-state index contributed by atoms with van der Waals surface area (Å²) in [5, 5.41) is 7.89. The SMILES string of the molecule is O=C(NCC1CCN(Cc2cccs2)CC1)C(=O)NC1CCCCCC1. The number of thiophene rings is 1. The van der Waals surface area contributed by atoms with Crippen LogP contribution in [0.2, 0.25) is 0 Å². The summed E-state index contributed by atoms with van der Waals surface area (Å²) < 4.78 is 0. The smallest absolute Gasteiger partial charge is 0.309 e. The minimum atomic E-state index is -0.463. The zero-order chi connectivity index (χ0) is 18.2. The number of nitrogens with zero attached hydrogens (tertiary/aromatic N) is 1. The van der Waals surface area contributed by atoms with Crippen molar-refractivity contribution in [3.05, 3.63) is 22.4 Å². The van der Waals surface area contributed by atoms with Crippen molar-refractivity contribution in [2.45, 2.75) is 64.0 Å². The van der Waals surface area contributed by atoms with Gasteiger partial charge >= 0.3 is 11.8 Å². The van der Waals surface area contributed by atoms with E-state index in [4.69, 9.17) is 0 Å². The van der Waals surface area contributed by atoms with Crippen LogP contribution in [-0.4, -0.2) is 42.4 Å². The van der Waals surface area contributed by atoms with Gasteiger partial charge < -0.3 is 10.6 Å². The lowest BCUT2D eigenvalue weighted by Gasteiger charge is -2.31. The Hall–Kier alpha value is -1.40. The Morgan fingerprint density at radius 1 is 1.04 bits per heavy atom. The van der Waals surface area contributed by atoms with E-state index in [0.717, 1.165) is 58.2 Å². The average molecular weight is 378 g/mol. The van der Waals surface area contributed by atoms with Crippen molar-refractivity contribution in [2.24, 2.45) is 5.92 Å². The summed E-state index contributed by atoms with van der Waals surface area (Å²) in [7, 11) is 0. The first-order valence-corrected chi connectivity index (χ1v) is 10.9. The van der Waals surface area contributed by atoms with Crippen molar-refractivity contribution >= 4 is 23.2 Å². The number of hydrogen-bond acceptors (Lipinski definition) is 4. The summed E-state index contributed by atoms with van der Waals surface area (Å²) >= 11 is 1.81. The number of hydrogen-bond donors (Lipinski definition) is 2. The first-order chi connectivity index (χ1) is 12.7. The van der Waals surface area contributed by atoms with Crippen LogP contribution in [0, 0.1) is 5.92 Å². The van der Waals surface area contributed by atoms with Crippen molar-refractivity contribution in [1.29, 1.82) is 0 Å². The fraction of sp³-hybridized carbons (Fsp3) is 0.700. The second-order valence-corrected chi connectivity index (χ2v) is 8.70. The van der Waals surface area contributed by atoms with Gasteiger partial charge in [-0.1, -0.05) is 31.7 Å². The van der Waals surface area contributed by atoms with E-state index in [-0.39, 0.29) is 6.04 Å². The maximum absolute atomic E-state index is 12.1. The molecule has 2 amide bonds. The lowest BCUT2D eigenvalue weighted by Crippen LogP contribution is -2.46. The van der Waals surface area contributed by atoms with E-state index in [9.17, 15) is 9.59 Å². The predicted molar refractivity (Wildman–Crippen MR) is 105 cm³/mol. The number of carbonyl (C=O) groups is 2. The molecule has 0 radical (unpaired) electrons. The van der Waals surface area contributed by atoms with Gasteiger partial charge in [-0.25, -0.2) is 0 Å². The number of likely N-dealkylation sites (tertiary alicyclic amines) is 1. The molecule has 6 heteroatoms. The highest BCUT2D eigenvalue weighted by Gasteiger charge is 2.23. The highest BCUT2D eigenvalue weighted by Crippen LogP contribution is 2.20. The Morgan fingerprint density at radius 3 is 2.42 bits per heavy atom. The molecule has 26 heavy (non-hydrogen) atoms. The van der Waals surface area contributed by atoms with E-state index < -0.39 is 11.8 Å². The molecule has 0 unspecified atom stereocenters. The molecule has 0 spiro atoms. The second-order valence-electron chi connectivity index (χ2n) is 7.67. The molecular weight excluding hydrogens is 346 g/mol. The van der Waals surface area contributed by atoms with Gasteiger partial charge in [0.05, 0.1) is 0 Å². The largest absolute Gasteiger partial charge is 0.348 e.